The Kier molecular flexibility index (Phi) is 6.12. The van der Waals surface area contributed by atoms with E-state index in [0.29, 0.717) is 28.5 Å². The molecule has 0 amide bonds. The minimum atomic E-state index is -4.74. The molecule has 1 atom stereocenters. The number of para-hydroxylation sites is 1. The number of nitrogens with one attached hydrogen (secondary N) is 1. The molecule has 0 aliphatic rings. The van der Waals surface area contributed by atoms with Crippen LogP contribution < -0.4 is 4.72 Å². The quantitative estimate of drug-likeness (QED) is 0.391. The molecule has 4 aromatic rings. The second-order valence-electron chi connectivity index (χ2n) is 7.43. The lowest BCUT2D eigenvalue weighted by molar-refractivity contribution is -0.147. The van der Waals surface area contributed by atoms with Crippen LogP contribution in [0.25, 0.3) is 28.0 Å². The Morgan fingerprint density at radius 2 is 1.82 bits per heavy atom. The van der Waals surface area contributed by atoms with Crippen molar-refractivity contribution >= 4 is 32.5 Å². The largest absolute Gasteiger partial charge is 0.404 e. The van der Waals surface area contributed by atoms with Gasteiger partial charge in [-0.25, -0.2) is 8.42 Å². The van der Waals surface area contributed by atoms with Gasteiger partial charge in [0, 0.05) is 22.3 Å². The van der Waals surface area contributed by atoms with Crippen molar-refractivity contribution in [3.63, 3.8) is 0 Å². The van der Waals surface area contributed by atoms with Crippen LogP contribution in [0.15, 0.2) is 71.8 Å². The molecule has 0 saturated carbocycles. The van der Waals surface area contributed by atoms with Gasteiger partial charge in [-0.2, -0.15) is 23.2 Å². The van der Waals surface area contributed by atoms with E-state index < -0.39 is 27.1 Å². The SMILES string of the molecule is C[C@H](NS(=O)(=O)c1ccc(-c2c(C#N)c3cc(Cl)ccc3n2-c2ccccc2)nc1)C(F)(F)F. The lowest BCUT2D eigenvalue weighted by Crippen LogP contribution is -2.42. The van der Waals surface area contributed by atoms with Crippen LogP contribution in [0.1, 0.15) is 12.5 Å². The number of halogens is 4. The molecule has 34 heavy (non-hydrogen) atoms. The minimum absolute atomic E-state index is 0.260. The fourth-order valence-corrected chi connectivity index (χ4v) is 4.86. The normalized spacial score (nSPS) is 13.1. The maximum atomic E-state index is 12.8. The average Bonchev–Trinajstić information content (AvgIpc) is 3.12. The number of sulfonamides is 1. The topological polar surface area (TPSA) is 87.8 Å². The first-order chi connectivity index (χ1) is 16.0. The summed E-state index contributed by atoms with van der Waals surface area (Å²) in [6.07, 6.45) is -3.78. The molecule has 2 heterocycles. The van der Waals surface area contributed by atoms with Gasteiger partial charge in [0.1, 0.15) is 17.0 Å². The van der Waals surface area contributed by atoms with E-state index in [9.17, 15) is 26.9 Å². The third-order valence-electron chi connectivity index (χ3n) is 5.17. The summed E-state index contributed by atoms with van der Waals surface area (Å²) in [6.45, 7) is 0.710. The molecule has 0 radical (unpaired) electrons. The number of rotatable bonds is 5. The molecule has 1 N–H and O–H groups in total. The molecule has 0 aliphatic carbocycles. The van der Waals surface area contributed by atoms with Gasteiger partial charge >= 0.3 is 6.18 Å². The van der Waals surface area contributed by atoms with Gasteiger partial charge in [0.15, 0.2) is 0 Å². The highest BCUT2D eigenvalue weighted by Crippen LogP contribution is 2.36. The number of nitrogens with zero attached hydrogens (tertiary/aromatic N) is 3. The van der Waals surface area contributed by atoms with E-state index in [1.54, 1.807) is 27.5 Å². The second-order valence-corrected chi connectivity index (χ2v) is 9.58. The fourth-order valence-electron chi connectivity index (χ4n) is 3.51. The number of nitriles is 1. The molecule has 0 spiro atoms. The predicted octanol–water partition coefficient (Wildman–Crippen LogP) is 5.45. The van der Waals surface area contributed by atoms with Crippen molar-refractivity contribution in [2.45, 2.75) is 24.0 Å². The Balaban J connectivity index is 1.87. The van der Waals surface area contributed by atoms with Crippen molar-refractivity contribution in [2.75, 3.05) is 0 Å². The fraction of sp³-hybridized carbons (Fsp3) is 0.130. The predicted molar refractivity (Wildman–Crippen MR) is 122 cm³/mol. The maximum Gasteiger partial charge on any atom is 0.404 e. The zero-order valence-electron chi connectivity index (χ0n) is 17.5. The summed E-state index contributed by atoms with van der Waals surface area (Å²) in [6, 6.07) is 16.6. The molecular formula is C23H16ClF3N4O2S. The van der Waals surface area contributed by atoms with Crippen molar-refractivity contribution in [3.05, 3.63) is 77.4 Å². The summed E-state index contributed by atoms with van der Waals surface area (Å²) < 4.78 is 66.6. The van der Waals surface area contributed by atoms with E-state index in [2.05, 4.69) is 11.1 Å². The molecule has 0 bridgehead atoms. The van der Waals surface area contributed by atoms with Gasteiger partial charge in [0.05, 0.1) is 22.5 Å². The van der Waals surface area contributed by atoms with E-state index in [-0.39, 0.29) is 11.3 Å². The van der Waals surface area contributed by atoms with Crippen LogP contribution in [0.4, 0.5) is 13.2 Å². The highest BCUT2D eigenvalue weighted by Gasteiger charge is 2.39. The summed E-state index contributed by atoms with van der Waals surface area (Å²) in [5.74, 6) is 0. The molecule has 0 aliphatic heterocycles. The Morgan fingerprint density at radius 3 is 2.41 bits per heavy atom. The summed E-state index contributed by atoms with van der Waals surface area (Å²) >= 11 is 6.16. The maximum absolute atomic E-state index is 12.8. The number of hydrogen-bond donors (Lipinski definition) is 1. The Morgan fingerprint density at radius 1 is 1.12 bits per heavy atom. The Bertz CT molecular complexity index is 1510. The number of aromatic nitrogens is 2. The van der Waals surface area contributed by atoms with E-state index in [1.165, 1.54) is 6.07 Å². The summed E-state index contributed by atoms with van der Waals surface area (Å²) in [5, 5.41) is 10.9. The highest BCUT2D eigenvalue weighted by atomic mass is 35.5. The lowest BCUT2D eigenvalue weighted by Gasteiger charge is -2.17. The molecule has 174 valence electrons. The molecule has 2 aromatic heterocycles. The van der Waals surface area contributed by atoms with Gasteiger partial charge in [-0.3, -0.25) is 4.98 Å². The van der Waals surface area contributed by atoms with Crippen LogP contribution in [0.2, 0.25) is 5.02 Å². The third kappa shape index (κ3) is 4.37. The number of fused-ring (bicyclic) bond motifs is 1. The van der Waals surface area contributed by atoms with Gasteiger partial charge in [-0.15, -0.1) is 0 Å². The van der Waals surface area contributed by atoms with Crippen molar-refractivity contribution in [1.82, 2.24) is 14.3 Å². The van der Waals surface area contributed by atoms with Crippen molar-refractivity contribution < 1.29 is 21.6 Å². The van der Waals surface area contributed by atoms with Crippen LogP contribution in [-0.2, 0) is 10.0 Å². The second kappa shape index (κ2) is 8.76. The van der Waals surface area contributed by atoms with Crippen LogP contribution in [0, 0.1) is 11.3 Å². The van der Waals surface area contributed by atoms with Gasteiger partial charge in [-0.1, -0.05) is 29.8 Å². The van der Waals surface area contributed by atoms with E-state index >= 15 is 0 Å². The van der Waals surface area contributed by atoms with Crippen molar-refractivity contribution in [2.24, 2.45) is 0 Å². The van der Waals surface area contributed by atoms with Crippen LogP contribution >= 0.6 is 11.6 Å². The van der Waals surface area contributed by atoms with Gasteiger partial charge in [0.25, 0.3) is 0 Å². The van der Waals surface area contributed by atoms with Gasteiger partial charge in [0.2, 0.25) is 10.0 Å². The van der Waals surface area contributed by atoms with Gasteiger partial charge in [-0.05, 0) is 49.4 Å². The molecular weight excluding hydrogens is 489 g/mol. The molecule has 0 unspecified atom stereocenters. The molecule has 0 fully saturated rings. The van der Waals surface area contributed by atoms with Crippen LogP contribution in [0.3, 0.4) is 0 Å². The van der Waals surface area contributed by atoms with Crippen LogP contribution in [-0.4, -0.2) is 30.2 Å². The molecule has 6 nitrogen and oxygen atoms in total. The first-order valence-corrected chi connectivity index (χ1v) is 11.7. The standard InChI is InChI=1S/C23H16ClF3N4O2S/c1-14(23(25,26)27)30-34(32,33)17-8-9-20(29-13-17)22-19(12-28)18-11-15(24)7-10-21(18)31(22)16-5-3-2-4-6-16/h2-11,13-14,30H,1H3/t14-/m0/s1. The Labute approximate surface area is 198 Å². The first kappa shape index (κ1) is 23.8. The smallest absolute Gasteiger partial charge is 0.307 e. The van der Waals surface area contributed by atoms with Crippen LogP contribution in [0.5, 0.6) is 0 Å². The van der Waals surface area contributed by atoms with Crippen molar-refractivity contribution in [3.8, 4) is 23.1 Å². The average molecular weight is 505 g/mol. The lowest BCUT2D eigenvalue weighted by atomic mass is 10.1. The Hall–Kier alpha value is -3.39. The van der Waals surface area contributed by atoms with Crippen molar-refractivity contribution in [1.29, 1.82) is 5.26 Å². The molecule has 2 aromatic carbocycles. The first-order valence-electron chi connectivity index (χ1n) is 9.88. The van der Waals surface area contributed by atoms with E-state index in [4.69, 9.17) is 11.6 Å². The molecule has 0 saturated heterocycles. The third-order valence-corrected chi connectivity index (χ3v) is 6.93. The summed E-state index contributed by atoms with van der Waals surface area (Å²) in [7, 11) is -4.47. The monoisotopic (exact) mass is 504 g/mol. The number of benzene rings is 2. The minimum Gasteiger partial charge on any atom is -0.307 e. The van der Waals surface area contributed by atoms with E-state index in [1.807, 2.05) is 30.3 Å². The summed E-state index contributed by atoms with van der Waals surface area (Å²) in [4.78, 5) is 3.76. The van der Waals surface area contributed by atoms with E-state index in [0.717, 1.165) is 18.0 Å². The van der Waals surface area contributed by atoms with Gasteiger partial charge < -0.3 is 4.57 Å². The highest BCUT2D eigenvalue weighted by molar-refractivity contribution is 7.89. The molecule has 11 heteroatoms. The number of alkyl halides is 3. The molecule has 4 rings (SSSR count). The summed E-state index contributed by atoms with van der Waals surface area (Å²) in [5.41, 5.74) is 2.34. The number of pyridine rings is 1. The zero-order valence-corrected chi connectivity index (χ0v) is 19.1. The zero-order chi connectivity index (χ0) is 24.7. The number of hydrogen-bond acceptors (Lipinski definition) is 4.